The highest BCUT2D eigenvalue weighted by atomic mass is 79.9. The molecule has 3 nitrogen and oxygen atoms in total. The molecular weight excluding hydrogens is 398 g/mol. The summed E-state index contributed by atoms with van der Waals surface area (Å²) in [5.74, 6) is 0.666. The number of rotatable bonds is 3. The zero-order valence-corrected chi connectivity index (χ0v) is 15.8. The molecule has 0 radical (unpaired) electrons. The molecule has 0 N–H and O–H groups in total. The van der Waals surface area contributed by atoms with E-state index in [1.165, 1.54) is 0 Å². The topological polar surface area (TPSA) is 37.4 Å². The molecule has 1 saturated heterocycles. The molecular formula is C17H19BrClNO2S. The van der Waals surface area contributed by atoms with E-state index in [9.17, 15) is 8.42 Å². The third-order valence-electron chi connectivity index (χ3n) is 4.57. The van der Waals surface area contributed by atoms with Gasteiger partial charge >= 0.3 is 0 Å². The van der Waals surface area contributed by atoms with Crippen molar-refractivity contribution in [3.8, 4) is 0 Å². The summed E-state index contributed by atoms with van der Waals surface area (Å²) in [4.78, 5) is 0.342. The van der Waals surface area contributed by atoms with E-state index in [2.05, 4.69) is 34.2 Å². The maximum absolute atomic E-state index is 12.8. The van der Waals surface area contributed by atoms with E-state index >= 15 is 0 Å². The maximum atomic E-state index is 12.8. The van der Waals surface area contributed by atoms with Gasteiger partial charge in [-0.3, -0.25) is 0 Å². The number of sulfonamides is 1. The molecule has 1 aliphatic carbocycles. The van der Waals surface area contributed by atoms with Crippen molar-refractivity contribution in [2.75, 3.05) is 13.1 Å². The minimum atomic E-state index is -3.44. The van der Waals surface area contributed by atoms with Gasteiger partial charge in [0, 0.05) is 28.5 Å². The molecule has 0 spiro atoms. The van der Waals surface area contributed by atoms with Crippen molar-refractivity contribution in [1.29, 1.82) is 0 Å². The summed E-state index contributed by atoms with van der Waals surface area (Å²) in [6, 6.07) is 6.98. The second-order valence-electron chi connectivity index (χ2n) is 5.95. The van der Waals surface area contributed by atoms with Gasteiger partial charge in [-0.05, 0) is 53.2 Å². The summed E-state index contributed by atoms with van der Waals surface area (Å²) in [5.41, 5.74) is 0. The molecule has 1 unspecified atom stereocenters. The fourth-order valence-corrected chi connectivity index (χ4v) is 6.06. The molecule has 23 heavy (non-hydrogen) atoms. The number of halogens is 2. The predicted octanol–water partition coefficient (Wildman–Crippen LogP) is 4.55. The Morgan fingerprint density at radius 2 is 1.87 bits per heavy atom. The van der Waals surface area contributed by atoms with Crippen molar-refractivity contribution in [3.63, 3.8) is 0 Å². The van der Waals surface area contributed by atoms with Crippen LogP contribution in [0.1, 0.15) is 19.3 Å². The van der Waals surface area contributed by atoms with Gasteiger partial charge in [0.25, 0.3) is 0 Å². The lowest BCUT2D eigenvalue weighted by molar-refractivity contribution is 0.248. The number of benzene rings is 1. The molecule has 1 aromatic carbocycles. The Morgan fingerprint density at radius 3 is 2.52 bits per heavy atom. The van der Waals surface area contributed by atoms with Crippen LogP contribution in [0.15, 0.2) is 56.9 Å². The van der Waals surface area contributed by atoms with E-state index in [4.69, 9.17) is 11.6 Å². The average molecular weight is 417 g/mol. The van der Waals surface area contributed by atoms with Crippen LogP contribution in [0.25, 0.3) is 0 Å². The first-order chi connectivity index (χ1) is 11.0. The number of nitrogens with zero attached hydrogens (tertiary/aromatic N) is 1. The Bertz CT molecular complexity index is 737. The van der Waals surface area contributed by atoms with Crippen LogP contribution in [0.2, 0.25) is 0 Å². The summed E-state index contributed by atoms with van der Waals surface area (Å²) in [6.07, 6.45) is 8.93. The number of allylic oxidation sites excluding steroid dienone is 4. The first-order valence-corrected chi connectivity index (χ1v) is 10.4. The molecule has 1 aliphatic heterocycles. The highest BCUT2D eigenvalue weighted by Gasteiger charge is 2.33. The van der Waals surface area contributed by atoms with Crippen LogP contribution in [-0.4, -0.2) is 25.8 Å². The van der Waals surface area contributed by atoms with Gasteiger partial charge < -0.3 is 0 Å². The molecule has 2 aliphatic rings. The van der Waals surface area contributed by atoms with E-state index in [-0.39, 0.29) is 5.92 Å². The van der Waals surface area contributed by atoms with Crippen LogP contribution in [0, 0.1) is 11.8 Å². The minimum Gasteiger partial charge on any atom is -0.207 e. The second kappa shape index (κ2) is 7.09. The lowest BCUT2D eigenvalue weighted by Crippen LogP contribution is -2.40. The molecule has 1 heterocycles. The monoisotopic (exact) mass is 415 g/mol. The Morgan fingerprint density at radius 1 is 1.17 bits per heavy atom. The third kappa shape index (κ3) is 3.58. The van der Waals surface area contributed by atoms with E-state index in [1.54, 1.807) is 22.5 Å². The SMILES string of the molecule is O=S(=O)(c1ccccc1Br)N1CCC(C2C=CCC=C2Cl)CC1. The van der Waals surface area contributed by atoms with Gasteiger partial charge in [-0.15, -0.1) is 0 Å². The first kappa shape index (κ1) is 17.2. The molecule has 6 heteroatoms. The quantitative estimate of drug-likeness (QED) is 0.678. The van der Waals surface area contributed by atoms with Gasteiger partial charge in [-0.1, -0.05) is 42.0 Å². The predicted molar refractivity (Wildman–Crippen MR) is 96.8 cm³/mol. The molecule has 0 saturated carbocycles. The van der Waals surface area contributed by atoms with E-state index in [0.29, 0.717) is 28.4 Å². The molecule has 0 aromatic heterocycles. The van der Waals surface area contributed by atoms with Crippen molar-refractivity contribution in [2.24, 2.45) is 11.8 Å². The zero-order valence-electron chi connectivity index (χ0n) is 12.7. The smallest absolute Gasteiger partial charge is 0.207 e. The average Bonchev–Trinajstić information content (AvgIpc) is 2.56. The second-order valence-corrected chi connectivity index (χ2v) is 9.15. The summed E-state index contributed by atoms with van der Waals surface area (Å²) in [5, 5.41) is 0.902. The van der Waals surface area contributed by atoms with Crippen LogP contribution in [-0.2, 0) is 10.0 Å². The lowest BCUT2D eigenvalue weighted by Gasteiger charge is -2.35. The van der Waals surface area contributed by atoms with E-state index < -0.39 is 10.0 Å². The van der Waals surface area contributed by atoms with Gasteiger partial charge in [0.2, 0.25) is 10.0 Å². The summed E-state index contributed by atoms with van der Waals surface area (Å²) < 4.78 is 27.8. The molecule has 0 bridgehead atoms. The lowest BCUT2D eigenvalue weighted by atomic mass is 9.82. The summed E-state index contributed by atoms with van der Waals surface area (Å²) in [7, 11) is -3.44. The zero-order chi connectivity index (χ0) is 16.4. The Balaban J connectivity index is 1.72. The van der Waals surface area contributed by atoms with Crippen LogP contribution < -0.4 is 0 Å². The Kier molecular flexibility index (Phi) is 5.31. The molecule has 1 fully saturated rings. The Hall–Kier alpha value is -0.620. The van der Waals surface area contributed by atoms with Crippen molar-refractivity contribution in [1.82, 2.24) is 4.31 Å². The van der Waals surface area contributed by atoms with Gasteiger partial charge in [0.15, 0.2) is 0 Å². The summed E-state index contributed by atoms with van der Waals surface area (Å²) >= 11 is 9.67. The number of hydrogen-bond acceptors (Lipinski definition) is 2. The molecule has 0 amide bonds. The maximum Gasteiger partial charge on any atom is 0.244 e. The van der Waals surface area contributed by atoms with E-state index in [0.717, 1.165) is 24.3 Å². The van der Waals surface area contributed by atoms with Crippen LogP contribution in [0.3, 0.4) is 0 Å². The normalized spacial score (nSPS) is 23.7. The number of hydrogen-bond donors (Lipinski definition) is 0. The van der Waals surface area contributed by atoms with Gasteiger partial charge in [0.1, 0.15) is 0 Å². The minimum absolute atomic E-state index is 0.249. The summed E-state index contributed by atoms with van der Waals surface area (Å²) in [6.45, 7) is 1.09. The molecule has 3 rings (SSSR count). The number of piperidine rings is 1. The van der Waals surface area contributed by atoms with Crippen molar-refractivity contribution in [2.45, 2.75) is 24.2 Å². The first-order valence-electron chi connectivity index (χ1n) is 7.77. The van der Waals surface area contributed by atoms with Crippen molar-refractivity contribution in [3.05, 3.63) is 52.0 Å². The highest BCUT2D eigenvalue weighted by Crippen LogP contribution is 2.36. The standard InChI is InChI=1S/C17H19BrClNO2S/c18-15-6-2-4-8-17(15)23(21,22)20-11-9-13(10-12-20)14-5-1-3-7-16(14)19/h1-2,4-8,13-14H,3,9-12H2. The van der Waals surface area contributed by atoms with Gasteiger partial charge in [-0.25, -0.2) is 8.42 Å². The highest BCUT2D eigenvalue weighted by molar-refractivity contribution is 9.10. The van der Waals surface area contributed by atoms with Crippen molar-refractivity contribution >= 4 is 37.6 Å². The Labute approximate surface area is 151 Å². The van der Waals surface area contributed by atoms with Gasteiger partial charge in [-0.2, -0.15) is 4.31 Å². The molecule has 124 valence electrons. The molecule has 1 aromatic rings. The van der Waals surface area contributed by atoms with Crippen LogP contribution >= 0.6 is 27.5 Å². The van der Waals surface area contributed by atoms with Crippen molar-refractivity contribution < 1.29 is 8.42 Å². The van der Waals surface area contributed by atoms with E-state index in [1.807, 2.05) is 6.07 Å². The van der Waals surface area contributed by atoms with Gasteiger partial charge in [0.05, 0.1) is 4.90 Å². The largest absolute Gasteiger partial charge is 0.244 e. The van der Waals surface area contributed by atoms with Crippen LogP contribution in [0.5, 0.6) is 0 Å². The molecule has 1 atom stereocenters. The third-order valence-corrected chi connectivity index (χ3v) is 7.89. The fourth-order valence-electron chi connectivity index (χ4n) is 3.28. The fraction of sp³-hybridized carbons (Fsp3) is 0.412. The van der Waals surface area contributed by atoms with Crippen LogP contribution in [0.4, 0.5) is 0 Å².